The number of aliphatic hydroxyl groups is 1. The molecule has 0 spiro atoms. The van der Waals surface area contributed by atoms with Crippen LogP contribution in [0.25, 0.3) is 0 Å². The molecular formula is C16H30N2O2. The number of hydrogen-bond donors (Lipinski definition) is 1. The molecule has 3 fully saturated rings. The molecule has 1 saturated carbocycles. The Labute approximate surface area is 123 Å². The van der Waals surface area contributed by atoms with Crippen molar-refractivity contribution in [3.05, 3.63) is 0 Å². The lowest BCUT2D eigenvalue weighted by Crippen LogP contribution is -2.47. The maximum absolute atomic E-state index is 10.4. The second-order valence-corrected chi connectivity index (χ2v) is 6.96. The number of nitrogens with zero attached hydrogens (tertiary/aromatic N) is 2. The summed E-state index contributed by atoms with van der Waals surface area (Å²) in [6, 6.07) is 1.40. The highest BCUT2D eigenvalue weighted by molar-refractivity contribution is 4.95. The Morgan fingerprint density at radius 2 is 1.90 bits per heavy atom. The number of hydrogen-bond acceptors (Lipinski definition) is 4. The van der Waals surface area contributed by atoms with E-state index in [1.165, 1.54) is 32.1 Å². The first kappa shape index (κ1) is 14.8. The third-order valence-electron chi connectivity index (χ3n) is 5.50. The molecule has 2 saturated heterocycles. The summed E-state index contributed by atoms with van der Waals surface area (Å²) in [5.41, 5.74) is 0. The van der Waals surface area contributed by atoms with Crippen molar-refractivity contribution in [1.82, 2.24) is 9.80 Å². The quantitative estimate of drug-likeness (QED) is 0.844. The number of likely N-dealkylation sites (tertiary alicyclic amines) is 1. The van der Waals surface area contributed by atoms with Gasteiger partial charge in [0.2, 0.25) is 0 Å². The Hall–Kier alpha value is -0.160. The van der Waals surface area contributed by atoms with E-state index in [9.17, 15) is 5.11 Å². The van der Waals surface area contributed by atoms with Crippen molar-refractivity contribution in [3.8, 4) is 0 Å². The Kier molecular flexibility index (Phi) is 4.97. The second-order valence-electron chi connectivity index (χ2n) is 6.96. The van der Waals surface area contributed by atoms with Gasteiger partial charge in [-0.15, -0.1) is 0 Å². The molecule has 0 amide bonds. The first-order valence-corrected chi connectivity index (χ1v) is 8.48. The van der Waals surface area contributed by atoms with E-state index in [-0.39, 0.29) is 6.10 Å². The zero-order chi connectivity index (χ0) is 13.9. The van der Waals surface area contributed by atoms with Crippen molar-refractivity contribution in [2.24, 2.45) is 5.92 Å². The number of β-amino-alcohol motifs (C(OH)–C–C–N with tert-alkyl or cyclic N) is 1. The van der Waals surface area contributed by atoms with Crippen LogP contribution in [0.4, 0.5) is 0 Å². The van der Waals surface area contributed by atoms with Gasteiger partial charge in [0.05, 0.1) is 19.3 Å². The van der Waals surface area contributed by atoms with Gasteiger partial charge in [-0.25, -0.2) is 0 Å². The first-order chi connectivity index (χ1) is 9.74. The lowest BCUT2D eigenvalue weighted by atomic mass is 9.85. The molecule has 2 aliphatic heterocycles. The van der Waals surface area contributed by atoms with Crippen LogP contribution >= 0.6 is 0 Å². The number of aliphatic hydroxyl groups excluding tert-OH is 1. The van der Waals surface area contributed by atoms with E-state index >= 15 is 0 Å². The van der Waals surface area contributed by atoms with Gasteiger partial charge in [0.1, 0.15) is 0 Å². The molecule has 0 bridgehead atoms. The van der Waals surface area contributed by atoms with Gasteiger partial charge >= 0.3 is 0 Å². The summed E-state index contributed by atoms with van der Waals surface area (Å²) in [5, 5.41) is 10.4. The SMILES string of the molecule is C[C@H]1C[C@H]2CCCC[C@@H]2N1C[C@H](O)CN1CCOCC1. The zero-order valence-corrected chi connectivity index (χ0v) is 12.8. The minimum absolute atomic E-state index is 0.212. The standard InChI is InChI=1S/C16H30N2O2/c1-13-10-14-4-2-3-5-16(14)18(13)12-15(19)11-17-6-8-20-9-7-17/h13-16,19H,2-12H2,1H3/t13-,14+,15+,16-/m0/s1. The third kappa shape index (κ3) is 3.35. The van der Waals surface area contributed by atoms with Gasteiger partial charge < -0.3 is 9.84 Å². The maximum Gasteiger partial charge on any atom is 0.0794 e. The molecule has 4 heteroatoms. The maximum atomic E-state index is 10.4. The fourth-order valence-corrected chi connectivity index (χ4v) is 4.50. The monoisotopic (exact) mass is 282 g/mol. The molecule has 2 heterocycles. The predicted molar refractivity (Wildman–Crippen MR) is 79.8 cm³/mol. The molecule has 1 N–H and O–H groups in total. The fraction of sp³-hybridized carbons (Fsp3) is 1.00. The van der Waals surface area contributed by atoms with Crippen LogP contribution in [0.3, 0.4) is 0 Å². The van der Waals surface area contributed by atoms with E-state index in [1.807, 2.05) is 0 Å². The zero-order valence-electron chi connectivity index (χ0n) is 12.8. The Balaban J connectivity index is 1.50. The minimum atomic E-state index is -0.212. The van der Waals surface area contributed by atoms with E-state index in [4.69, 9.17) is 4.74 Å². The molecule has 116 valence electrons. The average Bonchev–Trinajstić information content (AvgIpc) is 2.76. The van der Waals surface area contributed by atoms with Gasteiger partial charge in [-0.2, -0.15) is 0 Å². The van der Waals surface area contributed by atoms with E-state index in [0.717, 1.165) is 51.4 Å². The Morgan fingerprint density at radius 3 is 2.70 bits per heavy atom. The summed E-state index contributed by atoms with van der Waals surface area (Å²) in [7, 11) is 0. The van der Waals surface area contributed by atoms with Gasteiger partial charge in [-0.3, -0.25) is 9.80 Å². The smallest absolute Gasteiger partial charge is 0.0794 e. The Morgan fingerprint density at radius 1 is 1.15 bits per heavy atom. The van der Waals surface area contributed by atoms with Crippen LogP contribution in [-0.2, 0) is 4.74 Å². The molecule has 0 aromatic carbocycles. The van der Waals surface area contributed by atoms with E-state index in [1.54, 1.807) is 0 Å². The third-order valence-corrected chi connectivity index (χ3v) is 5.50. The highest BCUT2D eigenvalue weighted by Gasteiger charge is 2.40. The van der Waals surface area contributed by atoms with Gasteiger partial charge in [0, 0.05) is 38.3 Å². The summed E-state index contributed by atoms with van der Waals surface area (Å²) < 4.78 is 5.37. The Bertz CT molecular complexity index is 307. The van der Waals surface area contributed by atoms with Crippen molar-refractivity contribution >= 4 is 0 Å². The van der Waals surface area contributed by atoms with Crippen LogP contribution in [0.5, 0.6) is 0 Å². The normalized spacial score (nSPS) is 37.8. The van der Waals surface area contributed by atoms with E-state index in [0.29, 0.717) is 6.04 Å². The van der Waals surface area contributed by atoms with Crippen molar-refractivity contribution in [2.45, 2.75) is 57.2 Å². The molecule has 3 aliphatic rings. The van der Waals surface area contributed by atoms with E-state index < -0.39 is 0 Å². The first-order valence-electron chi connectivity index (χ1n) is 8.48. The van der Waals surface area contributed by atoms with Crippen molar-refractivity contribution in [2.75, 3.05) is 39.4 Å². The van der Waals surface area contributed by atoms with Crippen LogP contribution in [0.2, 0.25) is 0 Å². The lowest BCUT2D eigenvalue weighted by molar-refractivity contribution is 0.000707. The molecule has 0 aromatic rings. The molecule has 1 aliphatic carbocycles. The summed E-state index contributed by atoms with van der Waals surface area (Å²) in [6.45, 7) is 7.59. The highest BCUT2D eigenvalue weighted by Crippen LogP contribution is 2.39. The van der Waals surface area contributed by atoms with Crippen LogP contribution in [0.15, 0.2) is 0 Å². The van der Waals surface area contributed by atoms with Crippen molar-refractivity contribution in [1.29, 1.82) is 0 Å². The highest BCUT2D eigenvalue weighted by atomic mass is 16.5. The summed E-state index contributed by atoms with van der Waals surface area (Å²) in [4.78, 5) is 4.95. The second kappa shape index (κ2) is 6.73. The average molecular weight is 282 g/mol. The van der Waals surface area contributed by atoms with Gasteiger partial charge in [-0.05, 0) is 32.1 Å². The topological polar surface area (TPSA) is 35.9 Å². The molecule has 4 nitrogen and oxygen atoms in total. The number of fused-ring (bicyclic) bond motifs is 1. The van der Waals surface area contributed by atoms with Crippen LogP contribution in [-0.4, -0.2) is 72.5 Å². The number of morpholine rings is 1. The molecule has 3 rings (SSSR count). The molecule has 0 aromatic heterocycles. The lowest BCUT2D eigenvalue weighted by Gasteiger charge is -2.36. The molecule has 4 atom stereocenters. The van der Waals surface area contributed by atoms with Gasteiger partial charge in [0.15, 0.2) is 0 Å². The fourth-order valence-electron chi connectivity index (χ4n) is 4.50. The number of rotatable bonds is 4. The van der Waals surface area contributed by atoms with Crippen LogP contribution in [0, 0.1) is 5.92 Å². The summed E-state index contributed by atoms with van der Waals surface area (Å²) in [6.07, 6.45) is 6.68. The van der Waals surface area contributed by atoms with Crippen LogP contribution < -0.4 is 0 Å². The molecular weight excluding hydrogens is 252 g/mol. The summed E-state index contributed by atoms with van der Waals surface area (Å²) >= 11 is 0. The molecule has 0 unspecified atom stereocenters. The number of ether oxygens (including phenoxy) is 1. The van der Waals surface area contributed by atoms with E-state index in [2.05, 4.69) is 16.7 Å². The largest absolute Gasteiger partial charge is 0.390 e. The minimum Gasteiger partial charge on any atom is -0.390 e. The predicted octanol–water partition coefficient (Wildman–Crippen LogP) is 1.33. The van der Waals surface area contributed by atoms with Crippen LogP contribution in [0.1, 0.15) is 39.0 Å². The summed E-state index contributed by atoms with van der Waals surface area (Å²) in [5.74, 6) is 0.898. The van der Waals surface area contributed by atoms with Gasteiger partial charge in [0.25, 0.3) is 0 Å². The van der Waals surface area contributed by atoms with Gasteiger partial charge in [-0.1, -0.05) is 12.8 Å². The molecule has 0 radical (unpaired) electrons. The molecule has 20 heavy (non-hydrogen) atoms. The van der Waals surface area contributed by atoms with Crippen molar-refractivity contribution in [3.63, 3.8) is 0 Å². The van der Waals surface area contributed by atoms with Crippen molar-refractivity contribution < 1.29 is 9.84 Å².